The number of ketones is 1. The van der Waals surface area contributed by atoms with Crippen molar-refractivity contribution >= 4 is 45.4 Å². The molecule has 0 unspecified atom stereocenters. The van der Waals surface area contributed by atoms with Crippen LogP contribution in [0.4, 0.5) is 17.6 Å². The van der Waals surface area contributed by atoms with Gasteiger partial charge in [-0.3, -0.25) is 19.2 Å². The van der Waals surface area contributed by atoms with Gasteiger partial charge in [0.2, 0.25) is 17.7 Å². The van der Waals surface area contributed by atoms with Gasteiger partial charge in [0.05, 0.1) is 41.9 Å². The maximum Gasteiger partial charge on any atom is 0.245 e. The molecule has 2 saturated carbocycles. The molecule has 3 amide bonds. The molecule has 8 rings (SSSR count). The van der Waals surface area contributed by atoms with E-state index in [2.05, 4.69) is 15.6 Å². The first-order valence-electron chi connectivity index (χ1n) is 23.1. The van der Waals surface area contributed by atoms with Crippen molar-refractivity contribution in [2.45, 2.75) is 141 Å². The molecule has 4 aliphatic rings. The highest BCUT2D eigenvalue weighted by molar-refractivity contribution is 5.93. The second-order valence-electron chi connectivity index (χ2n) is 18.8. The average molecular weight is 876 g/mol. The van der Waals surface area contributed by atoms with Crippen molar-refractivity contribution in [3.63, 3.8) is 0 Å². The molecule has 11 nitrogen and oxygen atoms in total. The van der Waals surface area contributed by atoms with Crippen LogP contribution in [0.25, 0.3) is 33.5 Å². The Morgan fingerprint density at radius 2 is 1.52 bits per heavy atom. The van der Waals surface area contributed by atoms with Crippen molar-refractivity contribution in [3.8, 4) is 11.5 Å². The van der Waals surface area contributed by atoms with Gasteiger partial charge >= 0.3 is 0 Å². The van der Waals surface area contributed by atoms with Crippen LogP contribution < -0.4 is 10.6 Å². The van der Waals surface area contributed by atoms with Gasteiger partial charge in [-0.1, -0.05) is 33.1 Å². The van der Waals surface area contributed by atoms with E-state index in [0.717, 1.165) is 44.9 Å². The molecule has 340 valence electrons. The first kappa shape index (κ1) is 44.8. The Hall–Kier alpha value is -4.79. The van der Waals surface area contributed by atoms with Crippen LogP contribution in [0.1, 0.15) is 97.0 Å². The number of imidazole rings is 1. The first-order valence-corrected chi connectivity index (χ1v) is 23.1. The third-order valence-corrected chi connectivity index (χ3v) is 14.5. The van der Waals surface area contributed by atoms with Crippen LogP contribution in [-0.2, 0) is 32.1 Å². The van der Waals surface area contributed by atoms with E-state index in [-0.39, 0.29) is 86.6 Å². The van der Waals surface area contributed by atoms with E-state index in [1.54, 1.807) is 35.9 Å². The molecule has 0 bridgehead atoms. The predicted molar refractivity (Wildman–Crippen MR) is 233 cm³/mol. The first-order chi connectivity index (χ1) is 30.2. The summed E-state index contributed by atoms with van der Waals surface area (Å²) in [6, 6.07) is 6.04. The molecule has 0 spiro atoms. The zero-order valence-electron chi connectivity index (χ0n) is 36.8. The minimum absolute atomic E-state index is 0.0301. The van der Waals surface area contributed by atoms with Crippen LogP contribution in [0.3, 0.4) is 0 Å². The van der Waals surface area contributed by atoms with E-state index in [0.29, 0.717) is 45.4 Å². The summed E-state index contributed by atoms with van der Waals surface area (Å²) >= 11 is 0. The lowest BCUT2D eigenvalue weighted by Gasteiger charge is -2.35. The van der Waals surface area contributed by atoms with Gasteiger partial charge in [-0.05, 0) is 100 Å². The predicted octanol–water partition coefficient (Wildman–Crippen LogP) is 7.59. The molecule has 4 fully saturated rings. The summed E-state index contributed by atoms with van der Waals surface area (Å²) in [5, 5.41) is 6.66. The van der Waals surface area contributed by atoms with Crippen LogP contribution >= 0.6 is 0 Å². The Bertz CT molecular complexity index is 2340. The number of benzene rings is 2. The second kappa shape index (κ2) is 18.7. The minimum Gasteiger partial charge on any atom is -0.352 e. The minimum atomic E-state index is -1.32. The van der Waals surface area contributed by atoms with Crippen LogP contribution in [0.15, 0.2) is 36.4 Å². The number of Topliss-reactive ketones (excluding diaryl/α,β-unsaturated/α-hetero) is 1. The van der Waals surface area contributed by atoms with Crippen molar-refractivity contribution in [2.75, 3.05) is 20.1 Å². The molecule has 2 aliphatic carbocycles. The third-order valence-electron chi connectivity index (χ3n) is 14.5. The van der Waals surface area contributed by atoms with Gasteiger partial charge in [0.15, 0.2) is 5.82 Å². The molecule has 2 aromatic carbocycles. The molecule has 4 heterocycles. The largest absolute Gasteiger partial charge is 0.352 e. The highest BCUT2D eigenvalue weighted by atomic mass is 19.1. The molecule has 15 heteroatoms. The maximum atomic E-state index is 15.7. The normalized spacial score (nSPS) is 23.9. The van der Waals surface area contributed by atoms with Gasteiger partial charge in [0.1, 0.15) is 35.8 Å². The van der Waals surface area contributed by atoms with E-state index in [1.165, 1.54) is 24.3 Å². The van der Waals surface area contributed by atoms with E-state index in [9.17, 15) is 28.0 Å². The van der Waals surface area contributed by atoms with Crippen LogP contribution in [0, 0.1) is 35.3 Å². The fourth-order valence-electron chi connectivity index (χ4n) is 10.4. The summed E-state index contributed by atoms with van der Waals surface area (Å²) in [5.41, 5.74) is 2.37. The van der Waals surface area contributed by atoms with E-state index < -0.39 is 54.1 Å². The van der Waals surface area contributed by atoms with Gasteiger partial charge in [0, 0.05) is 60.7 Å². The third kappa shape index (κ3) is 9.40. The number of fused-ring (bicyclic) bond motifs is 2. The number of rotatable bonds is 16. The van der Waals surface area contributed by atoms with Crippen molar-refractivity contribution in [3.05, 3.63) is 53.6 Å². The number of likely N-dealkylation sites (N-methyl/N-ethyl adjacent to an activating group) is 1. The number of alkyl halides is 2. The van der Waals surface area contributed by atoms with E-state index in [4.69, 9.17) is 4.98 Å². The SMILES string of the molecule is CC[C@@H](C)C(=O)N[C@H](C(=O)N1C[C@@H](F)C[C@H]1Cn1c(-c2[nH]c3cc(F)ccc3c2C[C@@H]2C[C@H](F)CN2C(=O)[C@@H](CC(=O)[C@H](C)NC)C2CC2)nc2cc(F)ccc21)C1CCCCC1. The van der Waals surface area contributed by atoms with E-state index >= 15 is 8.78 Å². The van der Waals surface area contributed by atoms with E-state index in [1.807, 2.05) is 18.4 Å². The maximum absolute atomic E-state index is 15.7. The number of likely N-dealkylation sites (tertiary alicyclic amines) is 2. The standard InChI is InChI=1S/C48H61F4N7O4/c1-5-26(2)46(61)56-43(29-9-7-6-8-10-29)48(63)58-24-33(52)18-35(58)25-59-41-16-14-31(50)20-40(41)55-45(59)44-38(36-15-13-30(49)19-39(36)54-44)21-34-17-32(51)23-57(34)47(62)37(28-11-12-28)22-42(60)27(3)53-4/h13-16,19-20,26-29,32-35,37,43,53-54H,5-12,17-18,21-25H2,1-4H3,(H,56,61)/t26-,27+,32+,33+,34+,35+,37+,43+/m1/s1. The number of amides is 3. The molecule has 3 N–H and O–H groups in total. The number of hydrogen-bond acceptors (Lipinski definition) is 6. The smallest absolute Gasteiger partial charge is 0.245 e. The summed E-state index contributed by atoms with van der Waals surface area (Å²) in [6.07, 6.45) is 4.46. The van der Waals surface area contributed by atoms with Crippen LogP contribution in [0.5, 0.6) is 0 Å². The summed E-state index contributed by atoms with van der Waals surface area (Å²) in [4.78, 5) is 66.9. The fraction of sp³-hybridized carbons (Fsp3) is 0.604. The molecule has 0 radical (unpaired) electrons. The highest BCUT2D eigenvalue weighted by Crippen LogP contribution is 2.42. The van der Waals surface area contributed by atoms with Crippen LogP contribution in [0.2, 0.25) is 0 Å². The van der Waals surface area contributed by atoms with Crippen LogP contribution in [-0.4, -0.2) is 104 Å². The van der Waals surface area contributed by atoms with Crippen molar-refractivity contribution in [1.82, 2.24) is 35.0 Å². The lowest BCUT2D eigenvalue weighted by Crippen LogP contribution is -2.55. The topological polar surface area (TPSA) is 132 Å². The molecular formula is C48H61F4N7O4. The quantitative estimate of drug-likeness (QED) is 0.0995. The summed E-state index contributed by atoms with van der Waals surface area (Å²) in [5.74, 6) is -2.41. The Morgan fingerprint density at radius 3 is 2.21 bits per heavy atom. The summed E-state index contributed by atoms with van der Waals surface area (Å²) in [6.45, 7) is 5.33. The molecule has 2 aliphatic heterocycles. The average Bonchev–Trinajstić information content (AvgIpc) is 3.64. The van der Waals surface area contributed by atoms with Gasteiger partial charge in [0.25, 0.3) is 0 Å². The number of aromatic nitrogens is 3. The zero-order chi connectivity index (χ0) is 44.7. The lowest BCUT2D eigenvalue weighted by molar-refractivity contribution is -0.140. The number of aromatic amines is 1. The summed E-state index contributed by atoms with van der Waals surface area (Å²) < 4.78 is 62.9. The molecule has 8 atom stereocenters. The Morgan fingerprint density at radius 1 is 0.857 bits per heavy atom. The van der Waals surface area contributed by atoms with Gasteiger partial charge < -0.3 is 30.0 Å². The highest BCUT2D eigenvalue weighted by Gasteiger charge is 2.46. The van der Waals surface area contributed by atoms with Gasteiger partial charge in [-0.25, -0.2) is 22.5 Å². The molecule has 63 heavy (non-hydrogen) atoms. The number of nitrogens with zero attached hydrogens (tertiary/aromatic N) is 4. The molecule has 4 aromatic rings. The van der Waals surface area contributed by atoms with Gasteiger partial charge in [-0.2, -0.15) is 0 Å². The molecule has 2 saturated heterocycles. The number of carbonyl (C=O) groups excluding carboxylic acids is 4. The van der Waals surface area contributed by atoms with Gasteiger partial charge in [-0.15, -0.1) is 0 Å². The molecule has 2 aromatic heterocycles. The fourth-order valence-corrected chi connectivity index (χ4v) is 10.4. The van der Waals surface area contributed by atoms with Crippen molar-refractivity contribution < 1.29 is 36.7 Å². The Labute approximate surface area is 366 Å². The number of H-pyrrole nitrogens is 1. The Kier molecular flexibility index (Phi) is 13.3. The number of hydrogen-bond donors (Lipinski definition) is 3. The lowest BCUT2D eigenvalue weighted by atomic mass is 9.83. The van der Waals surface area contributed by atoms with Crippen molar-refractivity contribution in [2.24, 2.45) is 23.7 Å². The molecular weight excluding hydrogens is 815 g/mol. The number of halogens is 4. The van der Waals surface area contributed by atoms with Crippen molar-refractivity contribution in [1.29, 1.82) is 0 Å². The Balaban J connectivity index is 1.16. The summed E-state index contributed by atoms with van der Waals surface area (Å²) in [7, 11) is 1.70. The second-order valence-corrected chi connectivity index (χ2v) is 18.8. The number of carbonyl (C=O) groups is 4. The monoisotopic (exact) mass is 875 g/mol. The number of nitrogens with one attached hydrogen (secondary N) is 3. The zero-order valence-corrected chi connectivity index (χ0v) is 36.8.